The topological polar surface area (TPSA) is 52.7 Å². The van der Waals surface area contributed by atoms with Crippen LogP contribution in [0.3, 0.4) is 0 Å². The molecule has 2 aliphatic rings. The van der Waals surface area contributed by atoms with Gasteiger partial charge in [0.2, 0.25) is 5.91 Å². The molecule has 0 aromatic carbocycles. The number of fused-ring (bicyclic) bond motifs is 1. The number of carbonyl (C=O) groups is 2. The Morgan fingerprint density at radius 3 is 2.68 bits per heavy atom. The molecule has 1 aromatic heterocycles. The van der Waals surface area contributed by atoms with Crippen LogP contribution in [0.15, 0.2) is 6.07 Å². The first-order chi connectivity index (χ1) is 12.0. The summed E-state index contributed by atoms with van der Waals surface area (Å²) >= 11 is 1.65. The van der Waals surface area contributed by atoms with Crippen LogP contribution in [0.1, 0.15) is 53.2 Å². The van der Waals surface area contributed by atoms with E-state index < -0.39 is 0 Å². The monoisotopic (exact) mass is 363 g/mol. The van der Waals surface area contributed by atoms with E-state index in [1.54, 1.807) is 11.3 Å². The van der Waals surface area contributed by atoms with E-state index >= 15 is 0 Å². The fraction of sp³-hybridized carbons (Fsp3) is 0.684. The van der Waals surface area contributed by atoms with Gasteiger partial charge in [-0.1, -0.05) is 0 Å². The van der Waals surface area contributed by atoms with E-state index in [1.165, 1.54) is 23.3 Å². The van der Waals surface area contributed by atoms with Crippen LogP contribution in [0.25, 0.3) is 0 Å². The SMILES string of the molecule is CCN(CC)C(=O)[C@@H]1C[C@@H](NC(=O)c2cc3c(s2)CCCC3)CN1C. The highest BCUT2D eigenvalue weighted by Gasteiger charge is 2.37. The second kappa shape index (κ2) is 7.87. The van der Waals surface area contributed by atoms with Gasteiger partial charge >= 0.3 is 0 Å². The first-order valence-corrected chi connectivity index (χ1v) is 10.3. The number of thiophene rings is 1. The molecular formula is C19H29N3O2S. The Morgan fingerprint density at radius 1 is 1.28 bits per heavy atom. The van der Waals surface area contributed by atoms with Crippen LogP contribution < -0.4 is 5.32 Å². The summed E-state index contributed by atoms with van der Waals surface area (Å²) in [7, 11) is 1.97. The van der Waals surface area contributed by atoms with Gasteiger partial charge in [-0.05, 0) is 64.6 Å². The average Bonchev–Trinajstić information content (AvgIpc) is 3.19. The second-order valence-electron chi connectivity index (χ2n) is 7.14. The molecule has 2 atom stereocenters. The molecule has 0 unspecified atom stereocenters. The summed E-state index contributed by atoms with van der Waals surface area (Å²) in [6.07, 6.45) is 5.37. The van der Waals surface area contributed by atoms with E-state index in [9.17, 15) is 9.59 Å². The lowest BCUT2D eigenvalue weighted by molar-refractivity contribution is -0.135. The highest BCUT2D eigenvalue weighted by atomic mass is 32.1. The molecular weight excluding hydrogens is 334 g/mol. The molecule has 6 heteroatoms. The maximum atomic E-state index is 12.6. The first-order valence-electron chi connectivity index (χ1n) is 9.44. The molecule has 1 N–H and O–H groups in total. The third-order valence-corrected chi connectivity index (χ3v) is 6.70. The van der Waals surface area contributed by atoms with E-state index in [-0.39, 0.29) is 23.9 Å². The Balaban J connectivity index is 1.61. The van der Waals surface area contributed by atoms with Crippen molar-refractivity contribution in [2.45, 2.75) is 58.0 Å². The lowest BCUT2D eigenvalue weighted by atomic mass is 9.99. The van der Waals surface area contributed by atoms with Gasteiger partial charge in [-0.2, -0.15) is 0 Å². The summed E-state index contributed by atoms with van der Waals surface area (Å²) in [5, 5.41) is 3.15. The maximum Gasteiger partial charge on any atom is 0.261 e. The van der Waals surface area contributed by atoms with Crippen molar-refractivity contribution >= 4 is 23.2 Å². The number of carbonyl (C=O) groups excluding carboxylic acids is 2. The van der Waals surface area contributed by atoms with Crippen LogP contribution in [-0.4, -0.2) is 60.4 Å². The lowest BCUT2D eigenvalue weighted by Gasteiger charge is -2.26. The van der Waals surface area contributed by atoms with Gasteiger partial charge in [-0.15, -0.1) is 11.3 Å². The number of nitrogens with one attached hydrogen (secondary N) is 1. The second-order valence-corrected chi connectivity index (χ2v) is 8.27. The third kappa shape index (κ3) is 3.90. The van der Waals surface area contributed by atoms with E-state index in [2.05, 4.69) is 16.3 Å². The van der Waals surface area contributed by atoms with Crippen LogP contribution >= 0.6 is 11.3 Å². The van der Waals surface area contributed by atoms with Crippen LogP contribution in [0, 0.1) is 0 Å². The molecule has 1 aromatic rings. The molecule has 2 amide bonds. The number of likely N-dealkylation sites (N-methyl/N-ethyl adjacent to an activating group) is 2. The zero-order valence-electron chi connectivity index (χ0n) is 15.5. The van der Waals surface area contributed by atoms with Crippen molar-refractivity contribution in [1.82, 2.24) is 15.1 Å². The zero-order chi connectivity index (χ0) is 18.0. The van der Waals surface area contributed by atoms with Crippen molar-refractivity contribution in [2.75, 3.05) is 26.7 Å². The Bertz CT molecular complexity index is 615. The molecule has 1 saturated heterocycles. The summed E-state index contributed by atoms with van der Waals surface area (Å²) < 4.78 is 0. The van der Waals surface area contributed by atoms with Crippen LogP contribution in [-0.2, 0) is 17.6 Å². The molecule has 138 valence electrons. The summed E-state index contributed by atoms with van der Waals surface area (Å²) in [4.78, 5) is 31.4. The fourth-order valence-electron chi connectivity index (χ4n) is 4.00. The molecule has 0 radical (unpaired) electrons. The molecule has 2 heterocycles. The summed E-state index contributed by atoms with van der Waals surface area (Å²) in [5.74, 6) is 0.199. The van der Waals surface area contributed by atoms with Crippen molar-refractivity contribution in [1.29, 1.82) is 0 Å². The Morgan fingerprint density at radius 2 is 2.00 bits per heavy atom. The van der Waals surface area contributed by atoms with Gasteiger partial charge < -0.3 is 10.2 Å². The van der Waals surface area contributed by atoms with Gasteiger partial charge in [0, 0.05) is 30.6 Å². The molecule has 1 aliphatic heterocycles. The molecule has 0 saturated carbocycles. The zero-order valence-corrected chi connectivity index (χ0v) is 16.3. The number of amides is 2. The van der Waals surface area contributed by atoms with Gasteiger partial charge in [-0.3, -0.25) is 14.5 Å². The molecule has 0 bridgehead atoms. The lowest BCUT2D eigenvalue weighted by Crippen LogP contribution is -2.44. The molecule has 3 rings (SSSR count). The van der Waals surface area contributed by atoms with E-state index in [1.807, 2.05) is 25.8 Å². The van der Waals surface area contributed by atoms with E-state index in [4.69, 9.17) is 0 Å². The Kier molecular flexibility index (Phi) is 5.79. The highest BCUT2D eigenvalue weighted by Crippen LogP contribution is 2.30. The number of aryl methyl sites for hydroxylation is 2. The van der Waals surface area contributed by atoms with Crippen molar-refractivity contribution < 1.29 is 9.59 Å². The van der Waals surface area contributed by atoms with Gasteiger partial charge in [0.15, 0.2) is 0 Å². The smallest absolute Gasteiger partial charge is 0.261 e. The molecule has 0 spiro atoms. The highest BCUT2D eigenvalue weighted by molar-refractivity contribution is 7.14. The number of rotatable bonds is 5. The molecule has 1 fully saturated rings. The van der Waals surface area contributed by atoms with Gasteiger partial charge in [0.25, 0.3) is 5.91 Å². The van der Waals surface area contributed by atoms with Crippen molar-refractivity contribution in [3.8, 4) is 0 Å². The van der Waals surface area contributed by atoms with E-state index in [0.717, 1.165) is 37.4 Å². The van der Waals surface area contributed by atoms with E-state index in [0.29, 0.717) is 6.42 Å². The summed E-state index contributed by atoms with van der Waals surface area (Å²) in [5.41, 5.74) is 1.36. The minimum absolute atomic E-state index is 0.0220. The van der Waals surface area contributed by atoms with Crippen LogP contribution in [0.5, 0.6) is 0 Å². The quantitative estimate of drug-likeness (QED) is 0.873. The van der Waals surface area contributed by atoms with Crippen LogP contribution in [0.4, 0.5) is 0 Å². The molecule has 5 nitrogen and oxygen atoms in total. The standard InChI is InChI=1S/C19H29N3O2S/c1-4-22(5-2)19(24)15-11-14(12-21(15)3)20-18(23)17-10-13-8-6-7-9-16(13)25-17/h10,14-15H,4-9,11-12H2,1-3H3,(H,20,23)/t14-,15+/m1/s1. The maximum absolute atomic E-state index is 12.6. The Hall–Kier alpha value is -1.40. The minimum atomic E-state index is -0.123. The number of likely N-dealkylation sites (tertiary alicyclic amines) is 1. The molecule has 1 aliphatic carbocycles. The minimum Gasteiger partial charge on any atom is -0.347 e. The average molecular weight is 364 g/mol. The van der Waals surface area contributed by atoms with Gasteiger partial charge in [-0.25, -0.2) is 0 Å². The van der Waals surface area contributed by atoms with Crippen molar-refractivity contribution in [3.05, 3.63) is 21.4 Å². The Labute approximate surface area is 154 Å². The molecule has 25 heavy (non-hydrogen) atoms. The summed E-state index contributed by atoms with van der Waals surface area (Å²) in [6.45, 7) is 6.21. The van der Waals surface area contributed by atoms with Crippen molar-refractivity contribution in [3.63, 3.8) is 0 Å². The van der Waals surface area contributed by atoms with Gasteiger partial charge in [0.05, 0.1) is 10.9 Å². The first kappa shape index (κ1) is 18.4. The number of hydrogen-bond donors (Lipinski definition) is 1. The largest absolute Gasteiger partial charge is 0.347 e. The predicted octanol–water partition coefficient (Wildman–Crippen LogP) is 2.30. The summed E-state index contributed by atoms with van der Waals surface area (Å²) in [6, 6.07) is 1.99. The predicted molar refractivity (Wildman–Crippen MR) is 101 cm³/mol. The van der Waals surface area contributed by atoms with Crippen LogP contribution in [0.2, 0.25) is 0 Å². The van der Waals surface area contributed by atoms with Gasteiger partial charge in [0.1, 0.15) is 0 Å². The number of nitrogens with zero attached hydrogens (tertiary/aromatic N) is 2. The normalized spacial score (nSPS) is 23.3. The third-order valence-electron chi connectivity index (χ3n) is 5.46. The fourth-order valence-corrected chi connectivity index (χ4v) is 5.15. The van der Waals surface area contributed by atoms with Crippen molar-refractivity contribution in [2.24, 2.45) is 0 Å². The number of hydrogen-bond acceptors (Lipinski definition) is 4.